The average molecular weight is 141 g/mol. The summed E-state index contributed by atoms with van der Waals surface area (Å²) < 4.78 is 16.3. The molecular formula is CH3NO3S2. The van der Waals surface area contributed by atoms with Crippen LogP contribution < -0.4 is 0 Å². The van der Waals surface area contributed by atoms with E-state index in [2.05, 4.69) is 11.2 Å². The molecule has 0 aromatic heterocycles. The molecule has 0 amide bonds. The minimum Gasteiger partial charge on any atom is -0.308 e. The van der Waals surface area contributed by atoms with E-state index in [4.69, 9.17) is 19.0 Å². The minimum atomic E-state index is -2.29. The van der Waals surface area contributed by atoms with Crippen LogP contribution >= 0.6 is 0 Å². The number of rotatable bonds is 0. The van der Waals surface area contributed by atoms with Crippen molar-refractivity contribution < 1.29 is 13.6 Å². The molecular weight excluding hydrogens is 138 g/mol. The zero-order valence-electron chi connectivity index (χ0n) is 3.12. The fraction of sp³-hybridized carbons (Fsp3) is 0. The highest BCUT2D eigenvalue weighted by atomic mass is 32.8. The van der Waals surface area contributed by atoms with E-state index in [0.717, 1.165) is 6.08 Å². The van der Waals surface area contributed by atoms with E-state index < -0.39 is 9.64 Å². The molecule has 2 N–H and O–H groups in total. The molecule has 0 rings (SSSR count). The van der Waals surface area contributed by atoms with Crippen molar-refractivity contribution in [3.8, 4) is 0 Å². The Balaban J connectivity index is 0. The summed E-state index contributed by atoms with van der Waals surface area (Å²) in [6.07, 6.45) is 0.750. The van der Waals surface area contributed by atoms with Crippen molar-refractivity contribution in [3.05, 3.63) is 0 Å². The second-order valence-corrected chi connectivity index (χ2v) is 1.75. The first-order valence-electron chi connectivity index (χ1n) is 1.02. The van der Waals surface area contributed by atoms with E-state index in [1.54, 1.807) is 0 Å². The molecule has 42 valence electrons. The van der Waals surface area contributed by atoms with Gasteiger partial charge in [0.2, 0.25) is 6.08 Å². The van der Waals surface area contributed by atoms with Gasteiger partial charge >= 0.3 is 0 Å². The minimum absolute atomic E-state index is 0.750. The maximum atomic E-state index is 8.96. The van der Waals surface area contributed by atoms with Gasteiger partial charge in [-0.05, 0) is 0 Å². The van der Waals surface area contributed by atoms with Gasteiger partial charge in [0.15, 0.2) is 0 Å². The quantitative estimate of drug-likeness (QED) is 0.237. The van der Waals surface area contributed by atoms with Crippen molar-refractivity contribution in [1.82, 2.24) is 0 Å². The molecule has 7 heavy (non-hydrogen) atoms. The van der Waals surface area contributed by atoms with Crippen molar-refractivity contribution in [2.75, 3.05) is 0 Å². The summed E-state index contributed by atoms with van der Waals surface area (Å²) in [6, 6.07) is 0. The van der Waals surface area contributed by atoms with Crippen LogP contribution in [0, 0.1) is 5.41 Å². The van der Waals surface area contributed by atoms with E-state index >= 15 is 0 Å². The summed E-state index contributed by atoms with van der Waals surface area (Å²) in [4.78, 5) is 8.35. The lowest BCUT2D eigenvalue weighted by atomic mass is 11.7. The van der Waals surface area contributed by atoms with Gasteiger partial charge in [-0.3, -0.25) is 0 Å². The molecule has 0 bridgehead atoms. The molecule has 4 nitrogen and oxygen atoms in total. The fourth-order valence-corrected chi connectivity index (χ4v) is 0. The molecule has 0 spiro atoms. The van der Waals surface area contributed by atoms with Crippen LogP contribution in [0.2, 0.25) is 0 Å². The molecule has 0 aliphatic carbocycles. The fourth-order valence-electron chi connectivity index (χ4n) is 0. The lowest BCUT2D eigenvalue weighted by molar-refractivity contribution is 0.562. The predicted octanol–water partition coefficient (Wildman–Crippen LogP) is -0.697. The number of nitrogens with one attached hydrogen (secondary N) is 1. The third kappa shape index (κ3) is 935. The Bertz CT molecular complexity index is 113. The lowest BCUT2D eigenvalue weighted by Gasteiger charge is -1.47. The van der Waals surface area contributed by atoms with E-state index in [1.807, 2.05) is 0 Å². The van der Waals surface area contributed by atoms with Gasteiger partial charge in [-0.2, -0.15) is 0 Å². The van der Waals surface area contributed by atoms with E-state index in [9.17, 15) is 0 Å². The van der Waals surface area contributed by atoms with Crippen molar-refractivity contribution in [2.45, 2.75) is 0 Å². The van der Waals surface area contributed by atoms with Crippen LogP contribution in [0.4, 0.5) is 0 Å². The summed E-state index contributed by atoms with van der Waals surface area (Å²) in [5.74, 6) is 0. The number of isocyanates is 1. The largest absolute Gasteiger partial charge is 0.308 e. The molecule has 0 fully saturated rings. The van der Waals surface area contributed by atoms with Gasteiger partial charge in [0.1, 0.15) is 9.64 Å². The Kier molecular flexibility index (Phi) is 13.0. The Morgan fingerprint density at radius 2 is 1.86 bits per heavy atom. The SMILES string of the molecule is N=C=O.O=[SH](O)=S. The maximum absolute atomic E-state index is 8.96. The highest BCUT2D eigenvalue weighted by Crippen LogP contribution is 1.31. The second kappa shape index (κ2) is 9.20. The summed E-state index contributed by atoms with van der Waals surface area (Å²) >= 11 is 3.69. The highest BCUT2D eigenvalue weighted by Gasteiger charge is 1.39. The normalized spacial score (nSPS) is 9.86. The number of thiol groups is 1. The van der Waals surface area contributed by atoms with Crippen LogP contribution in [0.15, 0.2) is 0 Å². The Labute approximate surface area is 46.6 Å². The summed E-state index contributed by atoms with van der Waals surface area (Å²) in [5, 5.41) is 5.40. The molecule has 6 heteroatoms. The number of hydrogen-bond acceptors (Lipinski definition) is 4. The van der Waals surface area contributed by atoms with Crippen LogP contribution in [0.25, 0.3) is 0 Å². The van der Waals surface area contributed by atoms with Crippen LogP contribution in [-0.4, -0.2) is 14.8 Å². The van der Waals surface area contributed by atoms with Crippen molar-refractivity contribution in [3.63, 3.8) is 0 Å². The third-order valence-corrected chi connectivity index (χ3v) is 0. The molecule has 0 radical (unpaired) electrons. The first kappa shape index (κ1) is 9.86. The van der Waals surface area contributed by atoms with Crippen LogP contribution in [0.5, 0.6) is 0 Å². The molecule has 1 unspecified atom stereocenters. The zero-order valence-corrected chi connectivity index (χ0v) is 4.83. The van der Waals surface area contributed by atoms with Crippen molar-refractivity contribution in [2.24, 2.45) is 0 Å². The second-order valence-electron chi connectivity index (χ2n) is 0.340. The van der Waals surface area contributed by atoms with Crippen molar-refractivity contribution >= 4 is 26.9 Å². The Morgan fingerprint density at radius 1 is 1.86 bits per heavy atom. The van der Waals surface area contributed by atoms with Gasteiger partial charge < -0.3 is 4.55 Å². The van der Waals surface area contributed by atoms with Crippen LogP contribution in [0.3, 0.4) is 0 Å². The standard InChI is InChI=1S/CHNO.H2O2S2/c2-1-3;1-4(2)3/h2H;4H,(H,1,2,3). The lowest BCUT2D eigenvalue weighted by Crippen LogP contribution is -1.54. The summed E-state index contributed by atoms with van der Waals surface area (Å²) in [7, 11) is -2.29. The molecule has 0 saturated carbocycles. The zero-order chi connectivity index (χ0) is 6.28. The van der Waals surface area contributed by atoms with Crippen LogP contribution in [-0.2, 0) is 25.6 Å². The smallest absolute Gasteiger partial charge is 0.231 e. The molecule has 0 heterocycles. The first-order chi connectivity index (χ1) is 3.15. The van der Waals surface area contributed by atoms with Gasteiger partial charge in [0, 0.05) is 11.2 Å². The third-order valence-electron chi connectivity index (χ3n) is 0. The van der Waals surface area contributed by atoms with E-state index in [-0.39, 0.29) is 0 Å². The Hall–Kier alpha value is -0.290. The van der Waals surface area contributed by atoms with E-state index in [0.29, 0.717) is 0 Å². The molecule has 0 aliphatic rings. The predicted molar refractivity (Wildman–Crippen MR) is 27.9 cm³/mol. The maximum Gasteiger partial charge on any atom is 0.231 e. The van der Waals surface area contributed by atoms with Crippen molar-refractivity contribution in [1.29, 1.82) is 5.41 Å². The molecule has 0 aromatic carbocycles. The average Bonchev–Trinajstić information content (AvgIpc) is 1.33. The van der Waals surface area contributed by atoms with Gasteiger partial charge in [-0.25, -0.2) is 14.4 Å². The highest BCUT2D eigenvalue weighted by molar-refractivity contribution is 8.18. The Morgan fingerprint density at radius 3 is 1.86 bits per heavy atom. The van der Waals surface area contributed by atoms with Gasteiger partial charge in [-0.1, -0.05) is 0 Å². The monoisotopic (exact) mass is 141 g/mol. The number of hydrogen-bond donors (Lipinski definition) is 3. The van der Waals surface area contributed by atoms with E-state index in [1.165, 1.54) is 0 Å². The molecule has 1 atom stereocenters. The number of carbonyl (C=O) groups excluding carboxylic acids is 1. The molecule has 0 aromatic rings. The summed E-state index contributed by atoms with van der Waals surface area (Å²) in [5.41, 5.74) is 0. The molecule has 0 saturated heterocycles. The summed E-state index contributed by atoms with van der Waals surface area (Å²) in [6.45, 7) is 0. The van der Waals surface area contributed by atoms with Gasteiger partial charge in [0.25, 0.3) is 0 Å². The first-order valence-corrected chi connectivity index (χ1v) is 3.25. The van der Waals surface area contributed by atoms with Gasteiger partial charge in [-0.15, -0.1) is 0 Å². The topological polar surface area (TPSA) is 78.2 Å². The van der Waals surface area contributed by atoms with Crippen LogP contribution in [0.1, 0.15) is 0 Å². The van der Waals surface area contributed by atoms with Gasteiger partial charge in [0.05, 0.1) is 0 Å². The molecule has 0 aliphatic heterocycles.